The van der Waals surface area contributed by atoms with E-state index in [1.807, 2.05) is 0 Å². The maximum atomic E-state index is 11.7. The van der Waals surface area contributed by atoms with Crippen LogP contribution in [0, 0.1) is 0 Å². The predicted molar refractivity (Wildman–Crippen MR) is 115 cm³/mol. The van der Waals surface area contributed by atoms with Crippen molar-refractivity contribution in [2.45, 2.75) is 70.3 Å². The van der Waals surface area contributed by atoms with Crippen molar-refractivity contribution in [2.24, 2.45) is 5.14 Å². The zero-order valence-electron chi connectivity index (χ0n) is 17.2. The molecule has 2 rings (SSSR count). The summed E-state index contributed by atoms with van der Waals surface area (Å²) in [5.74, 6) is -1.22. The van der Waals surface area contributed by atoms with Gasteiger partial charge in [-0.05, 0) is 43.7 Å². The molecule has 0 spiro atoms. The van der Waals surface area contributed by atoms with Gasteiger partial charge in [0.1, 0.15) is 11.9 Å². The lowest BCUT2D eigenvalue weighted by molar-refractivity contribution is -0.142. The highest BCUT2D eigenvalue weighted by Gasteiger charge is 2.20. The first-order valence-electron chi connectivity index (χ1n) is 10.5. The molecule has 0 unspecified atom stereocenters. The van der Waals surface area contributed by atoms with Crippen LogP contribution in [0.15, 0.2) is 12.1 Å². The Hall–Kier alpha value is -2.20. The number of aromatic nitrogens is 1. The van der Waals surface area contributed by atoms with Gasteiger partial charge in [0.2, 0.25) is 15.9 Å². The van der Waals surface area contributed by atoms with Gasteiger partial charge < -0.3 is 15.7 Å². The fraction of sp³-hybridized carbons (Fsp3) is 0.650. The quantitative estimate of drug-likeness (QED) is 0.340. The highest BCUT2D eigenvalue weighted by atomic mass is 32.2. The number of carboxylic acids is 1. The van der Waals surface area contributed by atoms with Crippen LogP contribution in [0.25, 0.3) is 0 Å². The van der Waals surface area contributed by atoms with E-state index in [0.717, 1.165) is 63.0 Å². The van der Waals surface area contributed by atoms with E-state index in [1.54, 1.807) is 0 Å². The Balaban J connectivity index is 1.60. The fourth-order valence-corrected chi connectivity index (χ4v) is 3.92. The molecule has 1 amide bonds. The number of hydrogen-bond donors (Lipinski definition) is 4. The molecule has 5 N–H and O–H groups in total. The lowest BCUT2D eigenvalue weighted by Crippen LogP contribution is -2.41. The Morgan fingerprint density at radius 2 is 1.93 bits per heavy atom. The van der Waals surface area contributed by atoms with Crippen LogP contribution in [0.2, 0.25) is 0 Å². The molecule has 0 radical (unpaired) electrons. The van der Waals surface area contributed by atoms with E-state index >= 15 is 0 Å². The molecule has 1 aliphatic rings. The number of fused-ring (bicyclic) bond motifs is 1. The van der Waals surface area contributed by atoms with E-state index in [2.05, 4.69) is 27.8 Å². The summed E-state index contributed by atoms with van der Waals surface area (Å²) in [6.45, 7) is 0.980. The molecule has 1 aromatic heterocycles. The lowest BCUT2D eigenvalue weighted by Gasteiger charge is -2.17. The number of carbonyl (C=O) groups is 2. The number of anilines is 1. The molecule has 1 aliphatic heterocycles. The molecule has 0 fully saturated rings. The van der Waals surface area contributed by atoms with E-state index < -0.39 is 33.7 Å². The molecule has 0 saturated carbocycles. The second kappa shape index (κ2) is 11.8. The van der Waals surface area contributed by atoms with Crippen molar-refractivity contribution in [3.63, 3.8) is 0 Å². The molecule has 0 bridgehead atoms. The number of aryl methyl sites for hydroxylation is 2. The maximum Gasteiger partial charge on any atom is 0.326 e. The molecular formula is C20H32N4O5S. The van der Waals surface area contributed by atoms with Crippen LogP contribution in [0.1, 0.15) is 62.6 Å². The van der Waals surface area contributed by atoms with Crippen molar-refractivity contribution in [1.29, 1.82) is 0 Å². The van der Waals surface area contributed by atoms with Gasteiger partial charge in [-0.2, -0.15) is 0 Å². The zero-order chi connectivity index (χ0) is 22.0. The monoisotopic (exact) mass is 440 g/mol. The van der Waals surface area contributed by atoms with E-state index in [0.29, 0.717) is 12.8 Å². The summed E-state index contributed by atoms with van der Waals surface area (Å²) in [7, 11) is -3.75. The van der Waals surface area contributed by atoms with Crippen LogP contribution >= 0.6 is 0 Å². The number of amides is 1. The van der Waals surface area contributed by atoms with Crippen LogP contribution < -0.4 is 15.8 Å². The number of hydrogen-bond acceptors (Lipinski definition) is 6. The SMILES string of the molecule is NS(=O)(=O)CCC(=O)N[C@@H](CCCCCCCc1ccc2c(n1)NCCC2)C(=O)O. The summed E-state index contributed by atoms with van der Waals surface area (Å²) in [6, 6.07) is 3.25. The average Bonchev–Trinajstić information content (AvgIpc) is 2.70. The van der Waals surface area contributed by atoms with Gasteiger partial charge in [0.25, 0.3) is 0 Å². The van der Waals surface area contributed by atoms with Crippen LogP contribution in [-0.2, 0) is 32.5 Å². The number of nitrogens with two attached hydrogens (primary N) is 1. The minimum absolute atomic E-state index is 0.314. The first-order valence-corrected chi connectivity index (χ1v) is 12.2. The smallest absolute Gasteiger partial charge is 0.326 e. The van der Waals surface area contributed by atoms with Crippen molar-refractivity contribution in [3.05, 3.63) is 23.4 Å². The molecule has 0 aromatic carbocycles. The minimum Gasteiger partial charge on any atom is -0.480 e. The van der Waals surface area contributed by atoms with Crippen LogP contribution in [0.4, 0.5) is 5.82 Å². The molecule has 1 atom stereocenters. The number of carbonyl (C=O) groups excluding carboxylic acids is 1. The Morgan fingerprint density at radius 1 is 1.20 bits per heavy atom. The van der Waals surface area contributed by atoms with Crippen molar-refractivity contribution >= 4 is 27.7 Å². The standard InChI is InChI=1S/C20H32N4O5S/c21-30(28,29)14-12-18(25)24-17(20(26)27)9-5-3-1-2-4-8-16-11-10-15-7-6-13-22-19(15)23-16/h10-11,17H,1-9,12-14H2,(H,22,23)(H,24,25)(H,26,27)(H2,21,28,29)/t17-/m0/s1. The highest BCUT2D eigenvalue weighted by molar-refractivity contribution is 7.89. The zero-order valence-corrected chi connectivity index (χ0v) is 18.0. The Bertz CT molecular complexity index is 828. The largest absolute Gasteiger partial charge is 0.480 e. The van der Waals surface area contributed by atoms with Gasteiger partial charge in [-0.3, -0.25) is 4.79 Å². The average molecular weight is 441 g/mol. The summed E-state index contributed by atoms with van der Waals surface area (Å²) in [5, 5.41) is 19.8. The van der Waals surface area contributed by atoms with Crippen LogP contribution in [-0.4, -0.2) is 48.7 Å². The van der Waals surface area contributed by atoms with Crippen molar-refractivity contribution in [2.75, 3.05) is 17.6 Å². The van der Waals surface area contributed by atoms with Crippen LogP contribution in [0.3, 0.4) is 0 Å². The second-order valence-corrected chi connectivity index (χ2v) is 9.46. The third-order valence-electron chi connectivity index (χ3n) is 5.12. The number of primary sulfonamides is 1. The summed E-state index contributed by atoms with van der Waals surface area (Å²) in [5.41, 5.74) is 2.38. The second-order valence-electron chi connectivity index (χ2n) is 7.72. The number of sulfonamides is 1. The molecule has 30 heavy (non-hydrogen) atoms. The van der Waals surface area contributed by atoms with Crippen molar-refractivity contribution < 1.29 is 23.1 Å². The Morgan fingerprint density at radius 3 is 2.67 bits per heavy atom. The molecule has 2 heterocycles. The first kappa shape index (κ1) is 24.1. The van der Waals surface area contributed by atoms with Gasteiger partial charge in [-0.1, -0.05) is 31.7 Å². The number of rotatable bonds is 13. The molecular weight excluding hydrogens is 408 g/mol. The Kier molecular flexibility index (Phi) is 9.51. The molecule has 0 aliphatic carbocycles. The number of unbranched alkanes of at least 4 members (excludes halogenated alkanes) is 4. The lowest BCUT2D eigenvalue weighted by atomic mass is 10.0. The summed E-state index contributed by atoms with van der Waals surface area (Å²) < 4.78 is 21.8. The van der Waals surface area contributed by atoms with E-state index in [1.165, 1.54) is 5.56 Å². The van der Waals surface area contributed by atoms with Gasteiger partial charge in [0.15, 0.2) is 0 Å². The van der Waals surface area contributed by atoms with Crippen LogP contribution in [0.5, 0.6) is 0 Å². The summed E-state index contributed by atoms with van der Waals surface area (Å²) >= 11 is 0. The van der Waals surface area contributed by atoms with Gasteiger partial charge in [-0.15, -0.1) is 0 Å². The predicted octanol–water partition coefficient (Wildman–Crippen LogP) is 1.57. The first-order chi connectivity index (χ1) is 14.2. The number of aliphatic carboxylic acids is 1. The van der Waals surface area contributed by atoms with E-state index in [9.17, 15) is 23.1 Å². The third-order valence-corrected chi connectivity index (χ3v) is 5.90. The van der Waals surface area contributed by atoms with Gasteiger partial charge >= 0.3 is 5.97 Å². The number of nitrogens with zero attached hydrogens (tertiary/aromatic N) is 1. The van der Waals surface area contributed by atoms with E-state index in [-0.39, 0.29) is 6.42 Å². The van der Waals surface area contributed by atoms with Crippen molar-refractivity contribution in [3.8, 4) is 0 Å². The van der Waals surface area contributed by atoms with Gasteiger partial charge in [0.05, 0.1) is 5.75 Å². The molecule has 10 heteroatoms. The topological polar surface area (TPSA) is 151 Å². The third kappa shape index (κ3) is 9.08. The summed E-state index contributed by atoms with van der Waals surface area (Å²) in [4.78, 5) is 27.7. The van der Waals surface area contributed by atoms with Crippen molar-refractivity contribution in [1.82, 2.24) is 10.3 Å². The number of pyridine rings is 1. The minimum atomic E-state index is -3.75. The molecule has 168 valence electrons. The molecule has 1 aromatic rings. The maximum absolute atomic E-state index is 11.7. The Labute approximate surface area is 177 Å². The number of carboxylic acid groups (broad SMARTS) is 1. The normalized spacial score (nSPS) is 14.4. The fourth-order valence-electron chi connectivity index (χ4n) is 3.45. The molecule has 0 saturated heterocycles. The van der Waals surface area contributed by atoms with E-state index in [4.69, 9.17) is 5.14 Å². The number of nitrogens with one attached hydrogen (secondary N) is 2. The van der Waals surface area contributed by atoms with Gasteiger partial charge in [0, 0.05) is 18.7 Å². The van der Waals surface area contributed by atoms with Gasteiger partial charge in [-0.25, -0.2) is 23.3 Å². The summed E-state index contributed by atoms with van der Waals surface area (Å²) in [6.07, 6.45) is 7.72. The molecule has 9 nitrogen and oxygen atoms in total. The highest BCUT2D eigenvalue weighted by Crippen LogP contribution is 2.20.